The van der Waals surface area contributed by atoms with Crippen LogP contribution < -0.4 is 4.72 Å². The fourth-order valence-electron chi connectivity index (χ4n) is 1.59. The van der Waals surface area contributed by atoms with Gasteiger partial charge in [0.25, 0.3) is 10.0 Å². The molecule has 2 N–H and O–H groups in total. The molecular weight excluding hydrogens is 288 g/mol. The van der Waals surface area contributed by atoms with Gasteiger partial charge in [0.05, 0.1) is 6.20 Å². The van der Waals surface area contributed by atoms with Crippen LogP contribution in [0.4, 0.5) is 8.78 Å². The zero-order chi connectivity index (χ0) is 14.8. The lowest BCUT2D eigenvalue weighted by atomic mass is 10.2. The summed E-state index contributed by atoms with van der Waals surface area (Å²) in [6.07, 6.45) is 1.75. The highest BCUT2D eigenvalue weighted by Gasteiger charge is 2.17. The number of aryl methyl sites for hydroxylation is 1. The van der Waals surface area contributed by atoms with Crippen molar-refractivity contribution < 1.29 is 17.2 Å². The summed E-state index contributed by atoms with van der Waals surface area (Å²) in [4.78, 5) is 6.51. The molecule has 20 heavy (non-hydrogen) atoms. The van der Waals surface area contributed by atoms with E-state index in [-0.39, 0.29) is 17.1 Å². The van der Waals surface area contributed by atoms with Crippen molar-refractivity contribution in [2.24, 2.45) is 0 Å². The molecule has 0 aliphatic heterocycles. The second-order valence-corrected chi connectivity index (χ2v) is 5.84. The Kier molecular flexibility index (Phi) is 4.15. The van der Waals surface area contributed by atoms with Gasteiger partial charge in [-0.1, -0.05) is 6.92 Å². The number of benzene rings is 1. The van der Waals surface area contributed by atoms with E-state index < -0.39 is 21.7 Å². The number of imidazole rings is 1. The molecule has 1 heterocycles. The Bertz CT molecular complexity index is 713. The smallest absolute Gasteiger partial charge is 0.257 e. The number of nitrogens with one attached hydrogen (secondary N) is 2. The normalized spacial score (nSPS) is 11.8. The predicted octanol–water partition coefficient (Wildman–Crippen LogP) is 1.73. The van der Waals surface area contributed by atoms with Gasteiger partial charge in [-0.2, -0.15) is 0 Å². The lowest BCUT2D eigenvalue weighted by Crippen LogP contribution is -2.24. The van der Waals surface area contributed by atoms with E-state index in [0.29, 0.717) is 12.2 Å². The number of sulfonamides is 1. The maximum absolute atomic E-state index is 13.4. The molecule has 5 nitrogen and oxygen atoms in total. The molecule has 0 aliphatic rings. The van der Waals surface area contributed by atoms with Gasteiger partial charge in [0.15, 0.2) is 5.03 Å². The van der Waals surface area contributed by atoms with Gasteiger partial charge >= 0.3 is 0 Å². The third kappa shape index (κ3) is 3.20. The quantitative estimate of drug-likeness (QED) is 0.883. The Morgan fingerprint density at radius 1 is 1.35 bits per heavy atom. The van der Waals surface area contributed by atoms with E-state index in [0.717, 1.165) is 18.2 Å². The minimum absolute atomic E-state index is 0.0659. The predicted molar refractivity (Wildman–Crippen MR) is 68.3 cm³/mol. The minimum Gasteiger partial charge on any atom is -0.332 e. The van der Waals surface area contributed by atoms with Gasteiger partial charge in [-0.3, -0.25) is 0 Å². The maximum atomic E-state index is 13.4. The van der Waals surface area contributed by atoms with E-state index in [1.807, 2.05) is 6.92 Å². The SMILES string of the molecule is CCc1ncc(S(=O)(=O)NCc2cc(F)ccc2F)[nH]1. The van der Waals surface area contributed by atoms with E-state index in [2.05, 4.69) is 14.7 Å². The monoisotopic (exact) mass is 301 g/mol. The number of nitrogens with zero attached hydrogens (tertiary/aromatic N) is 1. The molecular formula is C12H13F2N3O2S. The summed E-state index contributed by atoms with van der Waals surface area (Å²) >= 11 is 0. The second kappa shape index (κ2) is 5.68. The molecule has 8 heteroatoms. The highest BCUT2D eigenvalue weighted by molar-refractivity contribution is 7.89. The fourth-order valence-corrected chi connectivity index (χ4v) is 2.53. The van der Waals surface area contributed by atoms with Crippen molar-refractivity contribution in [1.29, 1.82) is 0 Å². The maximum Gasteiger partial charge on any atom is 0.257 e. The van der Waals surface area contributed by atoms with Crippen LogP contribution in [0.2, 0.25) is 0 Å². The summed E-state index contributed by atoms with van der Waals surface area (Å²) < 4.78 is 52.4. The van der Waals surface area contributed by atoms with Gasteiger partial charge in [0, 0.05) is 18.5 Å². The summed E-state index contributed by atoms with van der Waals surface area (Å²) in [6.45, 7) is 1.48. The molecule has 2 rings (SSSR count). The third-order valence-electron chi connectivity index (χ3n) is 2.69. The molecule has 1 aromatic carbocycles. The average molecular weight is 301 g/mol. The Labute approximate surface area is 115 Å². The molecule has 0 aliphatic carbocycles. The lowest BCUT2D eigenvalue weighted by Gasteiger charge is -2.06. The van der Waals surface area contributed by atoms with Crippen molar-refractivity contribution in [2.45, 2.75) is 24.9 Å². The minimum atomic E-state index is -3.83. The zero-order valence-corrected chi connectivity index (χ0v) is 11.5. The summed E-state index contributed by atoms with van der Waals surface area (Å²) in [7, 11) is -3.83. The first kappa shape index (κ1) is 14.6. The Balaban J connectivity index is 2.15. The van der Waals surface area contributed by atoms with Crippen molar-refractivity contribution >= 4 is 10.0 Å². The van der Waals surface area contributed by atoms with Crippen LogP contribution in [-0.4, -0.2) is 18.4 Å². The number of H-pyrrole nitrogens is 1. The topological polar surface area (TPSA) is 74.8 Å². The number of hydrogen-bond donors (Lipinski definition) is 2. The van der Waals surface area contributed by atoms with Gasteiger partial charge in [-0.25, -0.2) is 26.9 Å². The van der Waals surface area contributed by atoms with E-state index in [1.165, 1.54) is 6.20 Å². The van der Waals surface area contributed by atoms with Gasteiger partial charge in [0.1, 0.15) is 17.5 Å². The number of aromatic nitrogens is 2. The van der Waals surface area contributed by atoms with Crippen LogP contribution >= 0.6 is 0 Å². The lowest BCUT2D eigenvalue weighted by molar-refractivity contribution is 0.565. The first-order valence-electron chi connectivity index (χ1n) is 5.90. The van der Waals surface area contributed by atoms with Crippen molar-refractivity contribution in [3.63, 3.8) is 0 Å². The first-order chi connectivity index (χ1) is 9.42. The van der Waals surface area contributed by atoms with E-state index >= 15 is 0 Å². The highest BCUT2D eigenvalue weighted by atomic mass is 32.2. The van der Waals surface area contributed by atoms with E-state index in [9.17, 15) is 17.2 Å². The molecule has 0 atom stereocenters. The summed E-state index contributed by atoms with van der Waals surface area (Å²) in [5.74, 6) is -0.773. The molecule has 0 saturated heterocycles. The van der Waals surface area contributed by atoms with Crippen LogP contribution in [0.25, 0.3) is 0 Å². The standard InChI is InChI=1S/C12H13F2N3O2S/c1-2-11-15-7-12(17-11)20(18,19)16-6-8-5-9(13)3-4-10(8)14/h3-5,7,16H,2,6H2,1H3,(H,15,17). The summed E-state index contributed by atoms with van der Waals surface area (Å²) in [6, 6.07) is 2.86. The first-order valence-corrected chi connectivity index (χ1v) is 7.38. The molecule has 0 fully saturated rings. The van der Waals surface area contributed by atoms with E-state index in [4.69, 9.17) is 0 Å². The van der Waals surface area contributed by atoms with Crippen molar-refractivity contribution in [3.8, 4) is 0 Å². The number of aromatic amines is 1. The molecule has 1 aromatic heterocycles. The summed E-state index contributed by atoms with van der Waals surface area (Å²) in [5, 5.41) is -0.105. The van der Waals surface area contributed by atoms with Crippen LogP contribution in [0.1, 0.15) is 18.3 Å². The Hall–Kier alpha value is -1.80. The third-order valence-corrected chi connectivity index (χ3v) is 4.00. The second-order valence-electron chi connectivity index (χ2n) is 4.11. The summed E-state index contributed by atoms with van der Waals surface area (Å²) in [5.41, 5.74) is -0.0659. The number of halogens is 2. The Morgan fingerprint density at radius 3 is 2.75 bits per heavy atom. The molecule has 0 unspecified atom stereocenters. The Morgan fingerprint density at radius 2 is 2.10 bits per heavy atom. The van der Waals surface area contributed by atoms with Gasteiger partial charge in [-0.15, -0.1) is 0 Å². The molecule has 0 saturated carbocycles. The van der Waals surface area contributed by atoms with Crippen LogP contribution in [-0.2, 0) is 23.0 Å². The van der Waals surface area contributed by atoms with Gasteiger partial charge in [-0.05, 0) is 18.2 Å². The highest BCUT2D eigenvalue weighted by Crippen LogP contribution is 2.11. The zero-order valence-electron chi connectivity index (χ0n) is 10.7. The van der Waals surface area contributed by atoms with Crippen LogP contribution in [0.5, 0.6) is 0 Å². The van der Waals surface area contributed by atoms with Crippen molar-refractivity contribution in [2.75, 3.05) is 0 Å². The van der Waals surface area contributed by atoms with Gasteiger partial charge in [0.2, 0.25) is 0 Å². The number of rotatable bonds is 5. The van der Waals surface area contributed by atoms with Crippen LogP contribution in [0, 0.1) is 11.6 Å². The molecule has 0 amide bonds. The molecule has 0 spiro atoms. The van der Waals surface area contributed by atoms with E-state index in [1.54, 1.807) is 0 Å². The van der Waals surface area contributed by atoms with Crippen LogP contribution in [0.3, 0.4) is 0 Å². The van der Waals surface area contributed by atoms with Crippen molar-refractivity contribution in [3.05, 3.63) is 47.4 Å². The van der Waals surface area contributed by atoms with Crippen LogP contribution in [0.15, 0.2) is 29.4 Å². The molecule has 0 bridgehead atoms. The molecule has 0 radical (unpaired) electrons. The largest absolute Gasteiger partial charge is 0.332 e. The van der Waals surface area contributed by atoms with Gasteiger partial charge < -0.3 is 4.98 Å². The molecule has 108 valence electrons. The fraction of sp³-hybridized carbons (Fsp3) is 0.250. The molecule has 2 aromatic rings. The number of hydrogen-bond acceptors (Lipinski definition) is 3. The average Bonchev–Trinajstić information content (AvgIpc) is 2.89. The van der Waals surface area contributed by atoms with Crippen molar-refractivity contribution in [1.82, 2.24) is 14.7 Å².